The van der Waals surface area contributed by atoms with Crippen molar-refractivity contribution in [2.75, 3.05) is 23.8 Å². The molecule has 0 radical (unpaired) electrons. The van der Waals surface area contributed by atoms with Gasteiger partial charge in [0.1, 0.15) is 5.75 Å². The molecule has 154 valence electrons. The lowest BCUT2D eigenvalue weighted by molar-refractivity contribution is 0.0952. The smallest absolute Gasteiger partial charge is 0.351 e. The average molecular weight is 406 g/mol. The van der Waals surface area contributed by atoms with Crippen LogP contribution in [-0.2, 0) is 6.54 Å². The van der Waals surface area contributed by atoms with Gasteiger partial charge in [-0.1, -0.05) is 12.1 Å². The van der Waals surface area contributed by atoms with Crippen LogP contribution in [0.25, 0.3) is 0 Å². The predicted octanol–water partition coefficient (Wildman–Crippen LogP) is 2.42. The van der Waals surface area contributed by atoms with Gasteiger partial charge in [-0.05, 0) is 54.8 Å². The van der Waals surface area contributed by atoms with Crippen molar-refractivity contribution in [1.82, 2.24) is 20.3 Å². The summed E-state index contributed by atoms with van der Waals surface area (Å²) in [5, 5.41) is 8.98. The molecule has 1 amide bonds. The minimum atomic E-state index is -0.520. The average Bonchev–Trinajstić information content (AvgIpc) is 2.75. The Morgan fingerprint density at radius 3 is 2.47 bits per heavy atom. The summed E-state index contributed by atoms with van der Waals surface area (Å²) >= 11 is 0. The largest absolute Gasteiger partial charge is 0.494 e. The monoisotopic (exact) mass is 406 g/mol. The van der Waals surface area contributed by atoms with Gasteiger partial charge in [0.2, 0.25) is 11.9 Å². The van der Waals surface area contributed by atoms with Crippen LogP contribution in [0.5, 0.6) is 5.75 Å². The van der Waals surface area contributed by atoms with E-state index < -0.39 is 5.69 Å². The standard InChI is InChI=1S/C21H22N6O3/c28-18-15-5-7-16(8-6-15)24-20-25-19(26-21(29)27-20)23-13-14-3-9-17(10-4-14)30-12-2-1-11-22-18/h3-10H,1-2,11-13H2,(H,22,28)(H3,23,24,25,26,27,29). The lowest BCUT2D eigenvalue weighted by Crippen LogP contribution is -2.24. The lowest BCUT2D eigenvalue weighted by atomic mass is 10.2. The van der Waals surface area contributed by atoms with Crippen molar-refractivity contribution in [2.24, 2.45) is 0 Å². The highest BCUT2D eigenvalue weighted by molar-refractivity contribution is 5.94. The first kappa shape index (κ1) is 19.4. The van der Waals surface area contributed by atoms with Crippen LogP contribution in [0.1, 0.15) is 28.8 Å². The molecule has 0 unspecified atom stereocenters. The number of carbonyl (C=O) groups is 1. The van der Waals surface area contributed by atoms with Crippen LogP contribution >= 0.6 is 0 Å². The van der Waals surface area contributed by atoms with Gasteiger partial charge in [-0.2, -0.15) is 9.97 Å². The molecule has 30 heavy (non-hydrogen) atoms. The second-order valence-electron chi connectivity index (χ2n) is 6.84. The zero-order valence-electron chi connectivity index (χ0n) is 16.3. The summed E-state index contributed by atoms with van der Waals surface area (Å²) in [7, 11) is 0. The van der Waals surface area contributed by atoms with E-state index in [1.807, 2.05) is 24.3 Å². The van der Waals surface area contributed by atoms with Crippen LogP contribution in [0.2, 0.25) is 0 Å². The van der Waals surface area contributed by atoms with E-state index in [1.54, 1.807) is 24.3 Å². The first-order valence-electron chi connectivity index (χ1n) is 9.75. The fourth-order valence-electron chi connectivity index (χ4n) is 2.97. The predicted molar refractivity (Wildman–Crippen MR) is 113 cm³/mol. The number of rotatable bonds is 0. The minimum Gasteiger partial charge on any atom is -0.494 e. The molecule has 4 N–H and O–H groups in total. The highest BCUT2D eigenvalue weighted by atomic mass is 16.5. The van der Waals surface area contributed by atoms with Gasteiger partial charge in [0.05, 0.1) is 6.61 Å². The molecule has 7 rings (SSSR count). The number of amides is 1. The van der Waals surface area contributed by atoms with E-state index in [2.05, 4.69) is 30.9 Å². The second kappa shape index (κ2) is 9.08. The number of aromatic amines is 1. The molecule has 4 aliphatic heterocycles. The number of hydrogen-bond acceptors (Lipinski definition) is 7. The van der Waals surface area contributed by atoms with Crippen LogP contribution < -0.4 is 26.4 Å². The SMILES string of the molecule is O=C1NCCCCOc2ccc(cc2)CNc2nc([nH]c(=O)n2)Nc2ccc1cc2. The molecule has 0 saturated heterocycles. The normalized spacial score (nSPS) is 14.6. The molecule has 5 heterocycles. The van der Waals surface area contributed by atoms with Gasteiger partial charge in [-0.25, -0.2) is 4.79 Å². The highest BCUT2D eigenvalue weighted by Gasteiger charge is 2.07. The van der Waals surface area contributed by atoms with Crippen molar-refractivity contribution in [3.05, 3.63) is 70.1 Å². The Bertz CT molecular complexity index is 1060. The molecule has 4 aliphatic rings. The molecule has 9 heteroatoms. The lowest BCUT2D eigenvalue weighted by Gasteiger charge is -2.09. The summed E-state index contributed by atoms with van der Waals surface area (Å²) in [5.74, 6) is 1.12. The van der Waals surface area contributed by atoms with E-state index in [0.717, 1.165) is 24.2 Å². The molecular weight excluding hydrogens is 384 g/mol. The molecular formula is C21H22N6O3. The summed E-state index contributed by atoms with van der Waals surface area (Å²) in [4.78, 5) is 34.9. The van der Waals surface area contributed by atoms with Crippen LogP contribution in [0.3, 0.4) is 0 Å². The Balaban J connectivity index is 1.57. The Morgan fingerprint density at radius 2 is 1.67 bits per heavy atom. The van der Waals surface area contributed by atoms with Crippen LogP contribution in [-0.4, -0.2) is 34.0 Å². The third-order valence-electron chi connectivity index (χ3n) is 4.56. The van der Waals surface area contributed by atoms with E-state index in [1.165, 1.54) is 0 Å². The number of anilines is 3. The molecule has 9 nitrogen and oxygen atoms in total. The summed E-state index contributed by atoms with van der Waals surface area (Å²) in [6, 6.07) is 14.6. The van der Waals surface area contributed by atoms with E-state index in [9.17, 15) is 9.59 Å². The Morgan fingerprint density at radius 1 is 0.867 bits per heavy atom. The maximum Gasteiger partial charge on any atom is 0.351 e. The first-order valence-corrected chi connectivity index (χ1v) is 9.75. The zero-order chi connectivity index (χ0) is 20.8. The molecule has 0 spiro atoms. The fraction of sp³-hybridized carbons (Fsp3) is 0.238. The topological polar surface area (TPSA) is 121 Å². The summed E-state index contributed by atoms with van der Waals surface area (Å²) in [5.41, 5.74) is 1.73. The van der Waals surface area contributed by atoms with Gasteiger partial charge >= 0.3 is 5.69 Å². The highest BCUT2D eigenvalue weighted by Crippen LogP contribution is 2.16. The van der Waals surface area contributed by atoms with E-state index >= 15 is 0 Å². The van der Waals surface area contributed by atoms with E-state index in [0.29, 0.717) is 30.9 Å². The van der Waals surface area contributed by atoms with Crippen molar-refractivity contribution in [1.29, 1.82) is 0 Å². The molecule has 0 aliphatic carbocycles. The van der Waals surface area contributed by atoms with Crippen molar-refractivity contribution >= 4 is 23.5 Å². The number of aromatic nitrogens is 3. The van der Waals surface area contributed by atoms with Crippen LogP contribution in [0.15, 0.2) is 53.3 Å². The molecule has 6 bridgehead atoms. The van der Waals surface area contributed by atoms with Gasteiger partial charge in [0.15, 0.2) is 0 Å². The molecule has 0 atom stereocenters. The van der Waals surface area contributed by atoms with E-state index in [4.69, 9.17) is 4.74 Å². The number of nitrogens with zero attached hydrogens (tertiary/aromatic N) is 2. The molecule has 2 aromatic carbocycles. The van der Waals surface area contributed by atoms with Crippen molar-refractivity contribution < 1.29 is 9.53 Å². The maximum absolute atomic E-state index is 12.3. The minimum absolute atomic E-state index is 0.133. The van der Waals surface area contributed by atoms with Gasteiger partial charge in [-0.3, -0.25) is 9.78 Å². The van der Waals surface area contributed by atoms with Gasteiger partial charge in [-0.15, -0.1) is 0 Å². The number of benzene rings is 2. The Hall–Kier alpha value is -3.88. The van der Waals surface area contributed by atoms with Crippen LogP contribution in [0.4, 0.5) is 17.6 Å². The number of nitrogens with one attached hydrogen (secondary N) is 4. The van der Waals surface area contributed by atoms with Crippen LogP contribution in [0, 0.1) is 0 Å². The van der Waals surface area contributed by atoms with Crippen molar-refractivity contribution in [3.8, 4) is 5.75 Å². The maximum atomic E-state index is 12.3. The zero-order valence-corrected chi connectivity index (χ0v) is 16.3. The fourth-order valence-corrected chi connectivity index (χ4v) is 2.97. The Labute approximate surface area is 172 Å². The summed E-state index contributed by atoms with van der Waals surface area (Å²) in [6.45, 7) is 1.63. The van der Waals surface area contributed by atoms with Crippen molar-refractivity contribution in [3.63, 3.8) is 0 Å². The quantitative estimate of drug-likeness (QED) is 0.452. The first-order chi connectivity index (χ1) is 14.7. The van der Waals surface area contributed by atoms with Crippen molar-refractivity contribution in [2.45, 2.75) is 19.4 Å². The Kier molecular flexibility index (Phi) is 5.88. The van der Waals surface area contributed by atoms with E-state index in [-0.39, 0.29) is 17.8 Å². The van der Waals surface area contributed by atoms with Gasteiger partial charge in [0, 0.05) is 24.3 Å². The van der Waals surface area contributed by atoms with Gasteiger partial charge in [0.25, 0.3) is 5.91 Å². The number of H-pyrrole nitrogens is 1. The number of hydrogen-bond donors (Lipinski definition) is 4. The number of ether oxygens (including phenoxy) is 1. The number of carbonyl (C=O) groups excluding carboxylic acids is 1. The molecule has 0 fully saturated rings. The summed E-state index contributed by atoms with van der Waals surface area (Å²) < 4.78 is 5.74. The second-order valence-corrected chi connectivity index (χ2v) is 6.84. The third-order valence-corrected chi connectivity index (χ3v) is 4.56. The summed E-state index contributed by atoms with van der Waals surface area (Å²) in [6.07, 6.45) is 1.67. The molecule has 0 saturated carbocycles. The third kappa shape index (κ3) is 5.13. The molecule has 1 aromatic heterocycles. The molecule has 3 aromatic rings. The van der Waals surface area contributed by atoms with Gasteiger partial charge < -0.3 is 20.7 Å².